The Balaban J connectivity index is 2.09. The van der Waals surface area contributed by atoms with E-state index in [-0.39, 0.29) is 18.6 Å². The molecule has 3 unspecified atom stereocenters. The molecule has 0 bridgehead atoms. The second kappa shape index (κ2) is 10.7. The molecule has 32 heavy (non-hydrogen) atoms. The topological polar surface area (TPSA) is 83.8 Å². The van der Waals surface area contributed by atoms with Crippen LogP contribution in [-0.2, 0) is 25.9 Å². The number of ether oxygens (including phenoxy) is 1. The first kappa shape index (κ1) is 23.9. The van der Waals surface area contributed by atoms with Gasteiger partial charge in [0.15, 0.2) is 11.0 Å². The first-order valence-corrected chi connectivity index (χ1v) is 12.5. The van der Waals surface area contributed by atoms with Gasteiger partial charge in [-0.15, -0.1) is 0 Å². The maximum Gasteiger partial charge on any atom is 0.326 e. The van der Waals surface area contributed by atoms with Crippen LogP contribution in [0, 0.1) is 0 Å². The molecule has 5 nitrogen and oxygen atoms in total. The average molecular weight is 452 g/mol. The zero-order valence-electron chi connectivity index (χ0n) is 18.1. The van der Waals surface area contributed by atoms with Crippen LogP contribution in [0.4, 0.5) is 0 Å². The summed E-state index contributed by atoms with van der Waals surface area (Å²) >= 11 is 0. The van der Waals surface area contributed by atoms with E-state index in [2.05, 4.69) is 0 Å². The van der Waals surface area contributed by atoms with E-state index in [4.69, 9.17) is 4.74 Å². The van der Waals surface area contributed by atoms with Crippen molar-refractivity contribution < 1.29 is 24.1 Å². The van der Waals surface area contributed by atoms with E-state index in [1.54, 1.807) is 60.7 Å². The van der Waals surface area contributed by atoms with Crippen molar-refractivity contribution in [3.8, 4) is 0 Å². The Kier molecular flexibility index (Phi) is 8.03. The molecule has 0 saturated carbocycles. The summed E-state index contributed by atoms with van der Waals surface area (Å²) < 4.78 is 19.7. The molecule has 0 amide bonds. The summed E-state index contributed by atoms with van der Waals surface area (Å²) in [6.07, 6.45) is 1.31. The summed E-state index contributed by atoms with van der Waals surface area (Å²) in [5.74, 6) is -2.54. The highest BCUT2D eigenvalue weighted by atomic mass is 31.2. The maximum absolute atomic E-state index is 14.1. The Labute approximate surface area is 189 Å². The van der Waals surface area contributed by atoms with Gasteiger partial charge < -0.3 is 14.7 Å². The SMILES string of the molecule is CCCCC(C(=O)OCc1ccccc1)(c1ccccc1)P(=O)(O)C(O)c1ccccc1. The quantitative estimate of drug-likeness (QED) is 0.301. The monoisotopic (exact) mass is 452 g/mol. The molecule has 0 aliphatic heterocycles. The van der Waals surface area contributed by atoms with Gasteiger partial charge in [-0.05, 0) is 23.1 Å². The van der Waals surface area contributed by atoms with Gasteiger partial charge in [-0.3, -0.25) is 9.36 Å². The molecule has 0 saturated heterocycles. The van der Waals surface area contributed by atoms with Crippen molar-refractivity contribution in [1.82, 2.24) is 0 Å². The molecule has 3 aromatic carbocycles. The molecule has 0 aliphatic rings. The highest BCUT2D eigenvalue weighted by molar-refractivity contribution is 7.60. The number of unbranched alkanes of at least 4 members (excludes halogenated alkanes) is 1. The smallest absolute Gasteiger partial charge is 0.326 e. The number of benzene rings is 3. The van der Waals surface area contributed by atoms with Crippen LogP contribution in [0.5, 0.6) is 0 Å². The third-order valence-corrected chi connectivity index (χ3v) is 8.39. The molecule has 168 valence electrons. The first-order valence-electron chi connectivity index (χ1n) is 10.8. The van der Waals surface area contributed by atoms with E-state index in [1.165, 1.54) is 0 Å². The summed E-state index contributed by atoms with van der Waals surface area (Å²) in [4.78, 5) is 25.2. The standard InChI is InChI=1S/C26H29O5P/c1-2-3-19-26(23-17-11-6-12-18-23,25(28)31-20-21-13-7-4-8-14-21)32(29,30)24(27)22-15-9-5-10-16-22/h4-18,24,27H,2-3,19-20H2,1H3,(H,29,30). The van der Waals surface area contributed by atoms with Gasteiger partial charge in [0.1, 0.15) is 6.61 Å². The van der Waals surface area contributed by atoms with Crippen molar-refractivity contribution in [2.24, 2.45) is 0 Å². The normalized spacial score (nSPS) is 15.8. The third kappa shape index (κ3) is 4.86. The lowest BCUT2D eigenvalue weighted by molar-refractivity contribution is -0.149. The zero-order chi connectivity index (χ0) is 23.0. The molecular formula is C26H29O5P. The Morgan fingerprint density at radius 3 is 2.03 bits per heavy atom. The van der Waals surface area contributed by atoms with Crippen LogP contribution in [0.1, 0.15) is 48.7 Å². The molecule has 2 N–H and O–H groups in total. The number of aliphatic hydroxyl groups is 1. The number of hydrogen-bond donors (Lipinski definition) is 2. The Hall–Kier alpha value is -2.72. The average Bonchev–Trinajstić information content (AvgIpc) is 2.84. The minimum absolute atomic E-state index is 0.0260. The fourth-order valence-electron chi connectivity index (χ4n) is 3.87. The van der Waals surface area contributed by atoms with Gasteiger partial charge in [0.05, 0.1) is 0 Å². The summed E-state index contributed by atoms with van der Waals surface area (Å²) in [5.41, 5.74) is 1.42. The van der Waals surface area contributed by atoms with E-state index in [0.29, 0.717) is 18.4 Å². The summed E-state index contributed by atoms with van der Waals surface area (Å²) in [6.45, 7) is 1.92. The lowest BCUT2D eigenvalue weighted by Crippen LogP contribution is -2.39. The van der Waals surface area contributed by atoms with Crippen LogP contribution >= 0.6 is 7.37 Å². The summed E-state index contributed by atoms with van der Waals surface area (Å²) in [6, 6.07) is 26.0. The Bertz CT molecular complexity index is 1040. The number of rotatable bonds is 10. The highest BCUT2D eigenvalue weighted by Crippen LogP contribution is 2.70. The van der Waals surface area contributed by atoms with Crippen molar-refractivity contribution in [2.45, 2.75) is 43.8 Å². The molecule has 0 aliphatic carbocycles. The largest absolute Gasteiger partial charge is 0.460 e. The van der Waals surface area contributed by atoms with Gasteiger partial charge in [-0.1, -0.05) is 111 Å². The zero-order valence-corrected chi connectivity index (χ0v) is 19.0. The van der Waals surface area contributed by atoms with Crippen molar-refractivity contribution in [3.05, 3.63) is 108 Å². The van der Waals surface area contributed by atoms with Gasteiger partial charge in [0.25, 0.3) is 7.37 Å². The van der Waals surface area contributed by atoms with Gasteiger partial charge >= 0.3 is 5.97 Å². The summed E-state index contributed by atoms with van der Waals surface area (Å²) in [5, 5.41) is 9.16. The minimum atomic E-state index is -4.59. The molecule has 3 aromatic rings. The van der Waals surface area contributed by atoms with Gasteiger partial charge in [0, 0.05) is 0 Å². The van der Waals surface area contributed by atoms with Crippen LogP contribution in [0.2, 0.25) is 0 Å². The van der Waals surface area contributed by atoms with Gasteiger partial charge in [-0.2, -0.15) is 0 Å². The molecule has 0 fully saturated rings. The van der Waals surface area contributed by atoms with Crippen LogP contribution < -0.4 is 0 Å². The third-order valence-electron chi connectivity index (χ3n) is 5.67. The molecule has 0 spiro atoms. The van der Waals surface area contributed by atoms with Crippen molar-refractivity contribution >= 4 is 13.3 Å². The number of esters is 1. The van der Waals surface area contributed by atoms with Gasteiger partial charge in [-0.25, -0.2) is 0 Å². The second-order valence-corrected chi connectivity index (χ2v) is 10.3. The van der Waals surface area contributed by atoms with E-state index < -0.39 is 24.3 Å². The molecule has 0 heterocycles. The van der Waals surface area contributed by atoms with Crippen molar-refractivity contribution in [3.63, 3.8) is 0 Å². The van der Waals surface area contributed by atoms with E-state index in [9.17, 15) is 19.4 Å². The van der Waals surface area contributed by atoms with E-state index in [1.807, 2.05) is 37.3 Å². The minimum Gasteiger partial charge on any atom is -0.460 e. The lowest BCUT2D eigenvalue weighted by atomic mass is 9.92. The highest BCUT2D eigenvalue weighted by Gasteiger charge is 2.59. The van der Waals surface area contributed by atoms with Crippen molar-refractivity contribution in [2.75, 3.05) is 0 Å². The van der Waals surface area contributed by atoms with Crippen LogP contribution in [0.3, 0.4) is 0 Å². The van der Waals surface area contributed by atoms with E-state index >= 15 is 0 Å². The maximum atomic E-state index is 14.1. The van der Waals surface area contributed by atoms with Gasteiger partial charge in [0.2, 0.25) is 0 Å². The van der Waals surface area contributed by atoms with Crippen LogP contribution in [-0.4, -0.2) is 16.0 Å². The van der Waals surface area contributed by atoms with Crippen LogP contribution in [0.25, 0.3) is 0 Å². The Morgan fingerprint density at radius 1 is 0.938 bits per heavy atom. The fraction of sp³-hybridized carbons (Fsp3) is 0.269. The molecule has 6 heteroatoms. The molecule has 3 rings (SSSR count). The predicted molar refractivity (Wildman–Crippen MR) is 125 cm³/mol. The lowest BCUT2D eigenvalue weighted by Gasteiger charge is -2.38. The molecule has 3 atom stereocenters. The number of carbonyl (C=O) groups is 1. The number of carbonyl (C=O) groups excluding carboxylic acids is 1. The second-order valence-electron chi connectivity index (χ2n) is 7.80. The van der Waals surface area contributed by atoms with E-state index in [0.717, 1.165) is 5.56 Å². The Morgan fingerprint density at radius 2 is 1.47 bits per heavy atom. The fourth-order valence-corrected chi connectivity index (χ4v) is 6.18. The molecular weight excluding hydrogens is 423 g/mol. The predicted octanol–water partition coefficient (Wildman–Crippen LogP) is 5.78. The molecule has 0 aromatic heterocycles. The van der Waals surface area contributed by atoms with Crippen molar-refractivity contribution in [1.29, 1.82) is 0 Å². The number of hydrogen-bond acceptors (Lipinski definition) is 4. The number of aliphatic hydroxyl groups excluding tert-OH is 1. The first-order chi connectivity index (χ1) is 15.4. The summed E-state index contributed by atoms with van der Waals surface area (Å²) in [7, 11) is -4.59. The van der Waals surface area contributed by atoms with Crippen LogP contribution in [0.15, 0.2) is 91.0 Å². The molecule has 0 radical (unpaired) electrons.